The number of hydrogen-bond acceptors (Lipinski definition) is 7. The summed E-state index contributed by atoms with van der Waals surface area (Å²) in [4.78, 5) is 15.5. The fourth-order valence-corrected chi connectivity index (χ4v) is 2.47. The van der Waals surface area contributed by atoms with Gasteiger partial charge in [-0.1, -0.05) is 5.92 Å². The lowest BCUT2D eigenvalue weighted by Crippen LogP contribution is -2.34. The van der Waals surface area contributed by atoms with Gasteiger partial charge in [0.05, 0.1) is 6.61 Å². The van der Waals surface area contributed by atoms with E-state index in [0.717, 1.165) is 4.68 Å². The molecule has 26 heavy (non-hydrogen) atoms. The van der Waals surface area contributed by atoms with Crippen molar-refractivity contribution in [2.45, 2.75) is 24.5 Å². The Morgan fingerprint density at radius 1 is 1.27 bits per heavy atom. The van der Waals surface area contributed by atoms with Gasteiger partial charge >= 0.3 is 0 Å². The van der Waals surface area contributed by atoms with E-state index in [-0.39, 0.29) is 11.6 Å². The second kappa shape index (κ2) is 7.19. The van der Waals surface area contributed by atoms with Crippen molar-refractivity contribution >= 4 is 5.91 Å². The molecule has 1 saturated heterocycles. The van der Waals surface area contributed by atoms with Gasteiger partial charge in [0.25, 0.3) is 5.91 Å². The van der Waals surface area contributed by atoms with Gasteiger partial charge in [-0.25, -0.2) is 9.07 Å². The number of hydrogen-bond donors (Lipinski definition) is 4. The Morgan fingerprint density at radius 2 is 1.96 bits per heavy atom. The first kappa shape index (κ1) is 18.0. The minimum Gasteiger partial charge on any atom is -0.394 e. The van der Waals surface area contributed by atoms with Crippen molar-refractivity contribution in [1.82, 2.24) is 14.8 Å². The second-order valence-corrected chi connectivity index (χ2v) is 5.55. The third kappa shape index (κ3) is 3.42. The molecule has 1 aliphatic heterocycles. The summed E-state index contributed by atoms with van der Waals surface area (Å²) in [5.74, 6) is 3.54. The van der Waals surface area contributed by atoms with Crippen LogP contribution in [0.25, 0.3) is 0 Å². The maximum Gasteiger partial charge on any atom is 0.286 e. The summed E-state index contributed by atoms with van der Waals surface area (Å²) in [6.07, 6.45) is -5.14. The molecule has 0 unspecified atom stereocenters. The number of nitrogens with zero attached hydrogens (tertiary/aromatic N) is 3. The number of primary amides is 1. The summed E-state index contributed by atoms with van der Waals surface area (Å²) in [5, 5.41) is 33.0. The first-order valence-electron chi connectivity index (χ1n) is 7.57. The van der Waals surface area contributed by atoms with Gasteiger partial charge in [-0.3, -0.25) is 4.79 Å². The van der Waals surface area contributed by atoms with Gasteiger partial charge in [-0.2, -0.15) is 4.98 Å². The molecule has 10 heteroatoms. The predicted molar refractivity (Wildman–Crippen MR) is 83.9 cm³/mol. The number of rotatable bonds is 3. The van der Waals surface area contributed by atoms with E-state index in [4.69, 9.17) is 15.6 Å². The average molecular weight is 362 g/mol. The molecule has 9 nitrogen and oxygen atoms in total. The molecule has 1 aromatic heterocycles. The molecule has 1 fully saturated rings. The summed E-state index contributed by atoms with van der Waals surface area (Å²) in [5.41, 5.74) is 5.76. The Balaban J connectivity index is 1.93. The van der Waals surface area contributed by atoms with Gasteiger partial charge in [0.1, 0.15) is 24.1 Å². The third-order valence-electron chi connectivity index (χ3n) is 3.77. The van der Waals surface area contributed by atoms with Crippen molar-refractivity contribution < 1.29 is 29.2 Å². The highest BCUT2D eigenvalue weighted by Gasteiger charge is 2.45. The number of amides is 1. The number of aromatic nitrogens is 3. The summed E-state index contributed by atoms with van der Waals surface area (Å²) in [6.45, 7) is -0.535. The zero-order valence-electron chi connectivity index (χ0n) is 13.3. The zero-order chi connectivity index (χ0) is 18.8. The van der Waals surface area contributed by atoms with Gasteiger partial charge in [0, 0.05) is 5.56 Å². The number of carbonyl (C=O) groups is 1. The molecule has 0 bridgehead atoms. The fourth-order valence-electron chi connectivity index (χ4n) is 2.47. The van der Waals surface area contributed by atoms with Crippen molar-refractivity contribution in [3.05, 3.63) is 47.3 Å². The van der Waals surface area contributed by atoms with E-state index in [0.29, 0.717) is 5.56 Å². The van der Waals surface area contributed by atoms with Gasteiger partial charge in [0.2, 0.25) is 11.6 Å². The van der Waals surface area contributed by atoms with Crippen LogP contribution in [0.4, 0.5) is 4.39 Å². The quantitative estimate of drug-likeness (QED) is 0.488. The molecule has 4 atom stereocenters. The molecule has 3 rings (SSSR count). The van der Waals surface area contributed by atoms with Crippen LogP contribution in [0, 0.1) is 17.7 Å². The molecule has 136 valence electrons. The lowest BCUT2D eigenvalue weighted by Gasteiger charge is -2.15. The van der Waals surface area contributed by atoms with E-state index < -0.39 is 42.9 Å². The molecule has 5 N–H and O–H groups in total. The smallest absolute Gasteiger partial charge is 0.286 e. The largest absolute Gasteiger partial charge is 0.394 e. The van der Waals surface area contributed by atoms with Gasteiger partial charge in [-0.15, -0.1) is 5.10 Å². The van der Waals surface area contributed by atoms with E-state index in [1.54, 1.807) is 0 Å². The number of nitrogens with two attached hydrogens (primary N) is 1. The van der Waals surface area contributed by atoms with Gasteiger partial charge in [-0.05, 0) is 30.2 Å². The number of halogens is 1. The Morgan fingerprint density at radius 3 is 2.54 bits per heavy atom. The highest BCUT2D eigenvalue weighted by Crippen LogP contribution is 2.29. The Hall–Kier alpha value is -2.84. The average Bonchev–Trinajstić information content (AvgIpc) is 3.16. The maximum atomic E-state index is 12.9. The van der Waals surface area contributed by atoms with Crippen LogP contribution in [0.2, 0.25) is 0 Å². The van der Waals surface area contributed by atoms with E-state index in [9.17, 15) is 19.4 Å². The van der Waals surface area contributed by atoms with Crippen LogP contribution < -0.4 is 5.73 Å². The van der Waals surface area contributed by atoms with Crippen LogP contribution in [0.15, 0.2) is 24.3 Å². The van der Waals surface area contributed by atoms with Crippen molar-refractivity contribution in [2.75, 3.05) is 6.61 Å². The molecule has 1 aliphatic rings. The number of ether oxygens (including phenoxy) is 1. The van der Waals surface area contributed by atoms with Crippen LogP contribution in [-0.4, -0.2) is 60.9 Å². The summed E-state index contributed by atoms with van der Waals surface area (Å²) < 4.78 is 19.1. The monoisotopic (exact) mass is 362 g/mol. The normalized spacial score (nSPS) is 24.9. The number of benzene rings is 1. The summed E-state index contributed by atoms with van der Waals surface area (Å²) in [7, 11) is 0. The van der Waals surface area contributed by atoms with E-state index in [2.05, 4.69) is 21.9 Å². The second-order valence-electron chi connectivity index (χ2n) is 5.55. The number of aliphatic hydroxyl groups is 3. The molecular weight excluding hydrogens is 347 g/mol. The molecule has 0 spiro atoms. The SMILES string of the molecule is NC(=O)c1nc(C#Cc2ccc(F)cc2)nn1[C@@H]1O[C@H](CO)[C@@H](O)[C@H]1O. The van der Waals surface area contributed by atoms with E-state index in [1.807, 2.05) is 0 Å². The van der Waals surface area contributed by atoms with Crippen molar-refractivity contribution in [3.8, 4) is 11.8 Å². The highest BCUT2D eigenvalue weighted by molar-refractivity contribution is 5.89. The molecule has 2 heterocycles. The predicted octanol–water partition coefficient (Wildman–Crippen LogP) is -1.47. The van der Waals surface area contributed by atoms with Crippen molar-refractivity contribution in [1.29, 1.82) is 0 Å². The molecule has 2 aromatic rings. The van der Waals surface area contributed by atoms with Crippen LogP contribution in [0.5, 0.6) is 0 Å². The third-order valence-corrected chi connectivity index (χ3v) is 3.77. The van der Waals surface area contributed by atoms with Gasteiger partial charge in [0.15, 0.2) is 6.23 Å². The van der Waals surface area contributed by atoms with Crippen LogP contribution in [-0.2, 0) is 4.74 Å². The minimum atomic E-state index is -1.45. The standard InChI is InChI=1S/C16H15FN4O5/c17-9-4-1-8(2-5-9)3-6-11-19-15(14(18)25)21(20-11)16-13(24)12(23)10(7-22)26-16/h1-2,4-5,10,12-13,16,22-24H,7H2,(H2,18,25)/t10-,12-,13-,16-/m1/s1. The lowest BCUT2D eigenvalue weighted by molar-refractivity contribution is -0.0595. The molecule has 0 aliphatic carbocycles. The van der Waals surface area contributed by atoms with Crippen LogP contribution >= 0.6 is 0 Å². The van der Waals surface area contributed by atoms with Crippen molar-refractivity contribution in [3.63, 3.8) is 0 Å². The fraction of sp³-hybridized carbons (Fsp3) is 0.312. The first-order chi connectivity index (χ1) is 12.4. The van der Waals surface area contributed by atoms with Crippen LogP contribution in [0.1, 0.15) is 28.2 Å². The summed E-state index contributed by atoms with van der Waals surface area (Å²) in [6, 6.07) is 5.40. The lowest BCUT2D eigenvalue weighted by atomic mass is 10.1. The molecule has 0 saturated carbocycles. The molecule has 0 radical (unpaired) electrons. The number of aliphatic hydroxyl groups excluding tert-OH is 3. The Labute approximate surface area is 146 Å². The Kier molecular flexibility index (Phi) is 4.97. The topological polar surface area (TPSA) is 144 Å². The van der Waals surface area contributed by atoms with Gasteiger partial charge < -0.3 is 25.8 Å². The first-order valence-corrected chi connectivity index (χ1v) is 7.57. The zero-order valence-corrected chi connectivity index (χ0v) is 13.3. The maximum absolute atomic E-state index is 12.9. The molecule has 1 amide bonds. The minimum absolute atomic E-state index is 0.0825. The number of carbonyl (C=O) groups excluding carboxylic acids is 1. The van der Waals surface area contributed by atoms with E-state index >= 15 is 0 Å². The molecule has 1 aromatic carbocycles. The highest BCUT2D eigenvalue weighted by atomic mass is 19.1. The van der Waals surface area contributed by atoms with Crippen molar-refractivity contribution in [2.24, 2.45) is 5.73 Å². The molecular formula is C16H15FN4O5. The Bertz CT molecular complexity index is 873. The summed E-state index contributed by atoms with van der Waals surface area (Å²) >= 11 is 0. The van der Waals surface area contributed by atoms with Crippen LogP contribution in [0.3, 0.4) is 0 Å². The van der Waals surface area contributed by atoms with E-state index in [1.165, 1.54) is 24.3 Å².